The largest absolute Gasteiger partial charge is 0.481 e. The van der Waals surface area contributed by atoms with Crippen molar-refractivity contribution in [3.8, 4) is 0 Å². The molecule has 0 radical (unpaired) electrons. The van der Waals surface area contributed by atoms with Gasteiger partial charge in [0, 0.05) is 17.5 Å². The average molecular weight is 317 g/mol. The Labute approximate surface area is 123 Å². The molecular formula is C13H19NO4S2. The lowest BCUT2D eigenvalue weighted by Gasteiger charge is -2.35. The van der Waals surface area contributed by atoms with E-state index in [-0.39, 0.29) is 16.7 Å². The molecule has 0 spiro atoms. The van der Waals surface area contributed by atoms with Crippen molar-refractivity contribution >= 4 is 27.3 Å². The smallest absolute Gasteiger partial charge is 0.308 e. The summed E-state index contributed by atoms with van der Waals surface area (Å²) in [6.45, 7) is 4.52. The summed E-state index contributed by atoms with van der Waals surface area (Å²) in [5, 5.41) is 8.75. The second-order valence-electron chi connectivity index (χ2n) is 5.40. The molecular weight excluding hydrogens is 298 g/mol. The Morgan fingerprint density at radius 3 is 2.75 bits per heavy atom. The zero-order valence-electron chi connectivity index (χ0n) is 11.6. The van der Waals surface area contributed by atoms with Crippen molar-refractivity contribution in [1.82, 2.24) is 4.31 Å². The first-order valence-electron chi connectivity index (χ1n) is 6.63. The van der Waals surface area contributed by atoms with Crippen LogP contribution in [0.5, 0.6) is 0 Å². The van der Waals surface area contributed by atoms with Gasteiger partial charge in [-0.3, -0.25) is 4.79 Å². The SMILES string of the molecule is CC1CCC(C)N(S(=O)(=O)c2ccc(CC(=O)O)s2)C1. The quantitative estimate of drug-likeness (QED) is 0.923. The van der Waals surface area contributed by atoms with Crippen LogP contribution in [0, 0.1) is 5.92 Å². The number of thiophene rings is 1. The first-order chi connectivity index (χ1) is 9.30. The zero-order valence-corrected chi connectivity index (χ0v) is 13.2. The Morgan fingerprint density at radius 1 is 1.40 bits per heavy atom. The monoisotopic (exact) mass is 317 g/mol. The molecule has 2 unspecified atom stereocenters. The highest BCUT2D eigenvalue weighted by Crippen LogP contribution is 2.31. The van der Waals surface area contributed by atoms with E-state index in [4.69, 9.17) is 5.11 Å². The van der Waals surface area contributed by atoms with Crippen molar-refractivity contribution in [1.29, 1.82) is 0 Å². The van der Waals surface area contributed by atoms with Gasteiger partial charge in [-0.2, -0.15) is 4.31 Å². The minimum atomic E-state index is -3.50. The van der Waals surface area contributed by atoms with Crippen LogP contribution in [0.15, 0.2) is 16.3 Å². The number of carboxylic acid groups (broad SMARTS) is 1. The van der Waals surface area contributed by atoms with E-state index in [9.17, 15) is 13.2 Å². The van der Waals surface area contributed by atoms with E-state index in [1.54, 1.807) is 10.4 Å². The molecule has 2 atom stereocenters. The Kier molecular flexibility index (Phi) is 4.51. The summed E-state index contributed by atoms with van der Waals surface area (Å²) in [6.07, 6.45) is 1.78. The Balaban J connectivity index is 2.25. The van der Waals surface area contributed by atoms with Crippen molar-refractivity contribution in [3.05, 3.63) is 17.0 Å². The molecule has 1 aromatic rings. The molecule has 0 bridgehead atoms. The molecule has 5 nitrogen and oxygen atoms in total. The van der Waals surface area contributed by atoms with Crippen LogP contribution in [0.1, 0.15) is 31.6 Å². The number of hydrogen-bond acceptors (Lipinski definition) is 4. The van der Waals surface area contributed by atoms with E-state index in [0.717, 1.165) is 24.2 Å². The lowest BCUT2D eigenvalue weighted by Crippen LogP contribution is -2.44. The third-order valence-corrected chi connectivity index (χ3v) is 7.12. The van der Waals surface area contributed by atoms with Crippen LogP contribution < -0.4 is 0 Å². The van der Waals surface area contributed by atoms with E-state index in [1.165, 1.54) is 6.07 Å². The van der Waals surface area contributed by atoms with Gasteiger partial charge in [-0.15, -0.1) is 11.3 Å². The van der Waals surface area contributed by atoms with Gasteiger partial charge in [-0.05, 0) is 37.8 Å². The summed E-state index contributed by atoms with van der Waals surface area (Å²) >= 11 is 1.05. The van der Waals surface area contributed by atoms with Crippen LogP contribution in [0.25, 0.3) is 0 Å². The van der Waals surface area contributed by atoms with Gasteiger partial charge in [0.25, 0.3) is 10.0 Å². The van der Waals surface area contributed by atoms with E-state index in [2.05, 4.69) is 6.92 Å². The van der Waals surface area contributed by atoms with Crippen molar-refractivity contribution in [2.24, 2.45) is 5.92 Å². The summed E-state index contributed by atoms with van der Waals surface area (Å²) in [4.78, 5) is 11.2. The van der Waals surface area contributed by atoms with E-state index < -0.39 is 16.0 Å². The van der Waals surface area contributed by atoms with Crippen LogP contribution in [0.4, 0.5) is 0 Å². The van der Waals surface area contributed by atoms with Crippen LogP contribution >= 0.6 is 11.3 Å². The predicted molar refractivity (Wildman–Crippen MR) is 77.4 cm³/mol. The molecule has 1 fully saturated rings. The van der Waals surface area contributed by atoms with E-state index in [0.29, 0.717) is 17.3 Å². The lowest BCUT2D eigenvalue weighted by molar-refractivity contribution is -0.136. The van der Waals surface area contributed by atoms with Gasteiger partial charge in [-0.25, -0.2) is 8.42 Å². The van der Waals surface area contributed by atoms with Gasteiger partial charge in [0.05, 0.1) is 6.42 Å². The number of rotatable bonds is 4. The molecule has 1 saturated heterocycles. The molecule has 1 N–H and O–H groups in total. The normalized spacial score (nSPS) is 24.7. The molecule has 2 heterocycles. The molecule has 0 aliphatic carbocycles. The number of aliphatic carboxylic acids is 1. The fraction of sp³-hybridized carbons (Fsp3) is 0.615. The van der Waals surface area contributed by atoms with Crippen LogP contribution in [-0.4, -0.2) is 36.4 Å². The molecule has 1 aliphatic heterocycles. The first-order valence-corrected chi connectivity index (χ1v) is 8.88. The van der Waals surface area contributed by atoms with Gasteiger partial charge < -0.3 is 5.11 Å². The average Bonchev–Trinajstić information content (AvgIpc) is 2.80. The molecule has 0 amide bonds. The number of sulfonamides is 1. The fourth-order valence-electron chi connectivity index (χ4n) is 2.44. The zero-order chi connectivity index (χ0) is 14.9. The summed E-state index contributed by atoms with van der Waals surface area (Å²) in [7, 11) is -3.50. The maximum atomic E-state index is 12.6. The van der Waals surface area contributed by atoms with Crippen molar-refractivity contribution < 1.29 is 18.3 Å². The predicted octanol–water partition coefficient (Wildman–Crippen LogP) is 2.18. The molecule has 1 aromatic heterocycles. The Hall–Kier alpha value is -0.920. The van der Waals surface area contributed by atoms with Crippen molar-refractivity contribution in [2.75, 3.05) is 6.54 Å². The minimum absolute atomic E-state index is 0.00113. The van der Waals surface area contributed by atoms with Crippen molar-refractivity contribution in [3.63, 3.8) is 0 Å². The van der Waals surface area contributed by atoms with Crippen LogP contribution in [0.2, 0.25) is 0 Å². The Bertz CT molecular complexity index is 593. The number of piperidine rings is 1. The number of hydrogen-bond donors (Lipinski definition) is 1. The highest BCUT2D eigenvalue weighted by molar-refractivity contribution is 7.91. The summed E-state index contributed by atoms with van der Waals surface area (Å²) in [6, 6.07) is 3.11. The van der Waals surface area contributed by atoms with Gasteiger partial charge in [0.15, 0.2) is 0 Å². The number of carbonyl (C=O) groups is 1. The fourth-order valence-corrected chi connectivity index (χ4v) is 5.70. The molecule has 0 aromatic carbocycles. The second-order valence-corrected chi connectivity index (χ2v) is 8.68. The second kappa shape index (κ2) is 5.83. The highest BCUT2D eigenvalue weighted by atomic mass is 32.2. The van der Waals surface area contributed by atoms with E-state index in [1.807, 2.05) is 6.92 Å². The van der Waals surface area contributed by atoms with Gasteiger partial charge in [0.1, 0.15) is 4.21 Å². The van der Waals surface area contributed by atoms with Crippen LogP contribution in [-0.2, 0) is 21.2 Å². The number of nitrogens with zero attached hydrogens (tertiary/aromatic N) is 1. The summed E-state index contributed by atoms with van der Waals surface area (Å²) in [5.74, 6) is -0.588. The molecule has 2 rings (SSSR count). The first kappa shape index (κ1) is 15.5. The molecule has 20 heavy (non-hydrogen) atoms. The van der Waals surface area contributed by atoms with Gasteiger partial charge >= 0.3 is 5.97 Å². The van der Waals surface area contributed by atoms with E-state index >= 15 is 0 Å². The molecule has 1 aliphatic rings. The third-order valence-electron chi connectivity index (χ3n) is 3.59. The van der Waals surface area contributed by atoms with Gasteiger partial charge in [-0.1, -0.05) is 6.92 Å². The Morgan fingerprint density at radius 2 is 2.10 bits per heavy atom. The highest BCUT2D eigenvalue weighted by Gasteiger charge is 2.34. The molecule has 0 saturated carbocycles. The maximum Gasteiger partial charge on any atom is 0.308 e. The summed E-state index contributed by atoms with van der Waals surface area (Å²) < 4.78 is 27.1. The lowest BCUT2D eigenvalue weighted by atomic mass is 9.97. The summed E-state index contributed by atoms with van der Waals surface area (Å²) in [5.41, 5.74) is 0. The third kappa shape index (κ3) is 3.21. The molecule has 7 heteroatoms. The van der Waals surface area contributed by atoms with Crippen molar-refractivity contribution in [2.45, 2.75) is 43.4 Å². The standard InChI is InChI=1S/C13H19NO4S2/c1-9-3-4-10(2)14(8-9)20(17,18)13-6-5-11(19-13)7-12(15)16/h5-6,9-10H,3-4,7-8H2,1-2H3,(H,15,16). The minimum Gasteiger partial charge on any atom is -0.481 e. The maximum absolute atomic E-state index is 12.6. The topological polar surface area (TPSA) is 74.7 Å². The van der Waals surface area contributed by atoms with Crippen LogP contribution in [0.3, 0.4) is 0 Å². The van der Waals surface area contributed by atoms with Gasteiger partial charge in [0.2, 0.25) is 0 Å². The molecule has 112 valence electrons. The number of carboxylic acids is 1.